The fourth-order valence-corrected chi connectivity index (χ4v) is 3.68. The third-order valence-electron chi connectivity index (χ3n) is 4.40. The number of hydrogen-bond donors (Lipinski definition) is 2. The lowest BCUT2D eigenvalue weighted by atomic mass is 10.1. The molecular formula is C19H23N3O4S. The molecule has 0 radical (unpaired) electrons. The van der Waals surface area contributed by atoms with Gasteiger partial charge >= 0.3 is 11.8 Å². The van der Waals surface area contributed by atoms with Gasteiger partial charge < -0.3 is 20.1 Å². The number of anilines is 1. The van der Waals surface area contributed by atoms with Crippen LogP contribution in [0.3, 0.4) is 0 Å². The van der Waals surface area contributed by atoms with Crippen molar-refractivity contribution in [3.63, 3.8) is 0 Å². The normalized spacial score (nSPS) is 15.7. The largest absolute Gasteiger partial charge is 0.497 e. The third-order valence-corrected chi connectivity index (χ3v) is 5.11. The molecule has 3 rings (SSSR count). The fraction of sp³-hybridized carbons (Fsp3) is 0.368. The maximum absolute atomic E-state index is 12.3. The summed E-state index contributed by atoms with van der Waals surface area (Å²) in [6, 6.07) is 8.95. The van der Waals surface area contributed by atoms with Crippen molar-refractivity contribution in [1.29, 1.82) is 0 Å². The van der Waals surface area contributed by atoms with E-state index in [0.717, 1.165) is 18.7 Å². The Kier molecular flexibility index (Phi) is 6.80. The number of rotatable bonds is 6. The summed E-state index contributed by atoms with van der Waals surface area (Å²) < 4.78 is 10.5. The van der Waals surface area contributed by atoms with E-state index in [0.29, 0.717) is 31.2 Å². The maximum Gasteiger partial charge on any atom is 0.313 e. The zero-order valence-corrected chi connectivity index (χ0v) is 16.0. The lowest BCUT2D eigenvalue weighted by Crippen LogP contribution is -2.45. The lowest BCUT2D eigenvalue weighted by Gasteiger charge is -2.34. The van der Waals surface area contributed by atoms with E-state index in [2.05, 4.69) is 20.9 Å². The molecule has 1 atom stereocenters. The summed E-state index contributed by atoms with van der Waals surface area (Å²) in [6.07, 6.45) is 0. The molecule has 2 heterocycles. The standard InChI is InChI=1S/C19H23N3O4S/c1-25-16-4-2-3-15(11-16)21-19(24)18(23)20-12-17(14-5-10-27-13-14)22-6-8-26-9-7-22/h2-5,10-11,13,17H,6-9,12H2,1H3,(H,20,23)(H,21,24). The monoisotopic (exact) mass is 389 g/mol. The van der Waals surface area contributed by atoms with E-state index in [1.807, 2.05) is 11.4 Å². The molecule has 1 aliphatic heterocycles. The number of nitrogens with zero attached hydrogens (tertiary/aromatic N) is 1. The van der Waals surface area contributed by atoms with Gasteiger partial charge in [0, 0.05) is 31.4 Å². The Labute approximate surface area is 162 Å². The summed E-state index contributed by atoms with van der Waals surface area (Å²) in [5, 5.41) is 9.43. The van der Waals surface area contributed by atoms with Gasteiger partial charge in [-0.3, -0.25) is 14.5 Å². The predicted octanol–water partition coefficient (Wildman–Crippen LogP) is 1.88. The Morgan fingerprint density at radius 3 is 2.78 bits per heavy atom. The van der Waals surface area contributed by atoms with Crippen molar-refractivity contribution in [2.75, 3.05) is 45.3 Å². The zero-order valence-electron chi connectivity index (χ0n) is 15.1. The molecule has 8 heteroatoms. The predicted molar refractivity (Wildman–Crippen MR) is 104 cm³/mol. The zero-order chi connectivity index (χ0) is 19.1. The molecule has 2 aromatic rings. The van der Waals surface area contributed by atoms with E-state index in [1.165, 1.54) is 0 Å². The van der Waals surface area contributed by atoms with Gasteiger partial charge in [-0.2, -0.15) is 11.3 Å². The molecule has 0 spiro atoms. The first-order chi connectivity index (χ1) is 13.2. The summed E-state index contributed by atoms with van der Waals surface area (Å²) in [6.45, 7) is 3.30. The number of methoxy groups -OCH3 is 1. The number of ether oxygens (including phenoxy) is 2. The minimum absolute atomic E-state index is 0.0220. The van der Waals surface area contributed by atoms with Crippen LogP contribution in [-0.4, -0.2) is 56.7 Å². The van der Waals surface area contributed by atoms with E-state index < -0.39 is 11.8 Å². The minimum Gasteiger partial charge on any atom is -0.497 e. The molecule has 2 amide bonds. The average molecular weight is 389 g/mol. The number of nitrogens with one attached hydrogen (secondary N) is 2. The second-order valence-electron chi connectivity index (χ2n) is 6.12. The summed E-state index contributed by atoms with van der Waals surface area (Å²) >= 11 is 1.62. The van der Waals surface area contributed by atoms with Gasteiger partial charge in [-0.15, -0.1) is 0 Å². The molecule has 0 bridgehead atoms. The molecule has 27 heavy (non-hydrogen) atoms. The van der Waals surface area contributed by atoms with Crippen molar-refractivity contribution in [2.24, 2.45) is 0 Å². The van der Waals surface area contributed by atoms with E-state index in [4.69, 9.17) is 9.47 Å². The third kappa shape index (κ3) is 5.29. The summed E-state index contributed by atoms with van der Waals surface area (Å²) in [5.74, 6) is -0.751. The van der Waals surface area contributed by atoms with Crippen molar-refractivity contribution in [2.45, 2.75) is 6.04 Å². The molecule has 144 valence electrons. The maximum atomic E-state index is 12.3. The van der Waals surface area contributed by atoms with E-state index in [9.17, 15) is 9.59 Å². The first-order valence-electron chi connectivity index (χ1n) is 8.74. The van der Waals surface area contributed by atoms with Gasteiger partial charge in [0.05, 0.1) is 26.4 Å². The number of thiophene rings is 1. The number of amides is 2. The quantitative estimate of drug-likeness (QED) is 0.738. The second-order valence-corrected chi connectivity index (χ2v) is 6.90. The Balaban J connectivity index is 1.58. The summed E-state index contributed by atoms with van der Waals surface area (Å²) in [5.41, 5.74) is 1.65. The van der Waals surface area contributed by atoms with Crippen molar-refractivity contribution in [1.82, 2.24) is 10.2 Å². The van der Waals surface area contributed by atoms with E-state index in [-0.39, 0.29) is 6.04 Å². The van der Waals surface area contributed by atoms with Crippen molar-refractivity contribution >= 4 is 28.8 Å². The average Bonchev–Trinajstić information content (AvgIpc) is 3.23. The summed E-state index contributed by atoms with van der Waals surface area (Å²) in [7, 11) is 1.55. The SMILES string of the molecule is COc1cccc(NC(=O)C(=O)NCC(c2ccsc2)N2CCOCC2)c1. The van der Waals surface area contributed by atoms with Gasteiger partial charge in [0.25, 0.3) is 0 Å². The van der Waals surface area contributed by atoms with E-state index >= 15 is 0 Å². The van der Waals surface area contributed by atoms with Crippen LogP contribution in [0.1, 0.15) is 11.6 Å². The van der Waals surface area contributed by atoms with Gasteiger partial charge in [-0.1, -0.05) is 6.07 Å². The van der Waals surface area contributed by atoms with Crippen LogP contribution >= 0.6 is 11.3 Å². The van der Waals surface area contributed by atoms with Crippen LogP contribution < -0.4 is 15.4 Å². The number of benzene rings is 1. The first kappa shape index (κ1) is 19.3. The van der Waals surface area contributed by atoms with Crippen molar-refractivity contribution in [3.05, 3.63) is 46.7 Å². The molecule has 1 unspecified atom stereocenters. The lowest BCUT2D eigenvalue weighted by molar-refractivity contribution is -0.136. The van der Waals surface area contributed by atoms with Crippen LogP contribution in [0.4, 0.5) is 5.69 Å². The Bertz CT molecular complexity index is 760. The highest BCUT2D eigenvalue weighted by Gasteiger charge is 2.24. The Morgan fingerprint density at radius 2 is 2.07 bits per heavy atom. The number of morpholine rings is 1. The van der Waals surface area contributed by atoms with Crippen molar-refractivity contribution < 1.29 is 19.1 Å². The van der Waals surface area contributed by atoms with E-state index in [1.54, 1.807) is 42.7 Å². The van der Waals surface area contributed by atoms with Gasteiger partial charge in [0.1, 0.15) is 5.75 Å². The first-order valence-corrected chi connectivity index (χ1v) is 9.69. The Morgan fingerprint density at radius 1 is 1.26 bits per heavy atom. The topological polar surface area (TPSA) is 79.9 Å². The number of carbonyl (C=O) groups is 2. The van der Waals surface area contributed by atoms with Crippen LogP contribution in [-0.2, 0) is 14.3 Å². The highest BCUT2D eigenvalue weighted by atomic mass is 32.1. The Hall–Kier alpha value is -2.42. The number of carbonyl (C=O) groups excluding carboxylic acids is 2. The van der Waals surface area contributed by atoms with Crippen LogP contribution in [0.2, 0.25) is 0 Å². The molecule has 7 nitrogen and oxygen atoms in total. The minimum atomic E-state index is -0.700. The molecule has 0 saturated carbocycles. The smallest absolute Gasteiger partial charge is 0.313 e. The van der Waals surface area contributed by atoms with Gasteiger partial charge in [-0.05, 0) is 34.5 Å². The van der Waals surface area contributed by atoms with Gasteiger partial charge in [0.2, 0.25) is 0 Å². The molecule has 1 saturated heterocycles. The molecule has 1 aromatic carbocycles. The molecular weight excluding hydrogens is 366 g/mol. The molecule has 1 aliphatic rings. The second kappa shape index (κ2) is 9.50. The molecule has 1 aromatic heterocycles. The van der Waals surface area contributed by atoms with Crippen LogP contribution in [0.25, 0.3) is 0 Å². The molecule has 1 fully saturated rings. The van der Waals surface area contributed by atoms with Crippen LogP contribution in [0.15, 0.2) is 41.1 Å². The highest BCUT2D eigenvalue weighted by Crippen LogP contribution is 2.23. The number of hydrogen-bond acceptors (Lipinski definition) is 6. The fourth-order valence-electron chi connectivity index (χ4n) is 2.97. The van der Waals surface area contributed by atoms with Crippen LogP contribution in [0.5, 0.6) is 5.75 Å². The van der Waals surface area contributed by atoms with Gasteiger partial charge in [0.15, 0.2) is 0 Å². The molecule has 2 N–H and O–H groups in total. The van der Waals surface area contributed by atoms with Crippen LogP contribution in [0, 0.1) is 0 Å². The summed E-state index contributed by atoms with van der Waals surface area (Å²) in [4.78, 5) is 26.7. The van der Waals surface area contributed by atoms with Gasteiger partial charge in [-0.25, -0.2) is 0 Å². The molecule has 0 aliphatic carbocycles. The van der Waals surface area contributed by atoms with Crippen molar-refractivity contribution in [3.8, 4) is 5.75 Å². The highest BCUT2D eigenvalue weighted by molar-refractivity contribution is 7.08.